The number of piperidine rings is 1. The van der Waals surface area contributed by atoms with Gasteiger partial charge in [-0.15, -0.1) is 0 Å². The number of morpholine rings is 1. The highest BCUT2D eigenvalue weighted by atomic mass is 16.5. The van der Waals surface area contributed by atoms with Crippen molar-refractivity contribution in [3.63, 3.8) is 0 Å². The molecule has 2 aliphatic heterocycles. The Bertz CT molecular complexity index is 710. The number of carbonyl (C=O) groups is 1. The van der Waals surface area contributed by atoms with Crippen molar-refractivity contribution < 1.29 is 9.53 Å². The van der Waals surface area contributed by atoms with Crippen LogP contribution in [0.5, 0.6) is 0 Å². The Hall–Kier alpha value is -1.99. The number of rotatable bonds is 3. The number of carbonyl (C=O) groups excluding carboxylic acids is 1. The molecule has 1 aromatic heterocycles. The number of likely N-dealkylation sites (tertiary alicyclic amines) is 1. The molecule has 1 amide bonds. The Balaban J connectivity index is 1.45. The number of ether oxygens (including phenoxy) is 1. The maximum Gasteiger partial charge on any atom is 0.256 e. The van der Waals surface area contributed by atoms with Crippen LogP contribution in [-0.4, -0.2) is 77.1 Å². The first kappa shape index (κ1) is 15.5. The number of nitrogens with one attached hydrogen (secondary N) is 1. The molecule has 4 rings (SSSR count). The Kier molecular flexibility index (Phi) is 4.44. The molecule has 1 aromatic carbocycles. The fourth-order valence-electron chi connectivity index (χ4n) is 3.76. The van der Waals surface area contributed by atoms with E-state index in [1.54, 1.807) is 0 Å². The van der Waals surface area contributed by atoms with E-state index in [0.717, 1.165) is 57.9 Å². The predicted molar refractivity (Wildman–Crippen MR) is 89.8 cm³/mol. The van der Waals surface area contributed by atoms with Gasteiger partial charge in [0.1, 0.15) is 11.0 Å². The highest BCUT2D eigenvalue weighted by Gasteiger charge is 2.27. The lowest BCUT2D eigenvalue weighted by atomic mass is 9.96. The summed E-state index contributed by atoms with van der Waals surface area (Å²) in [6, 6.07) is 5.58. The van der Waals surface area contributed by atoms with Gasteiger partial charge >= 0.3 is 0 Å². The molecule has 0 saturated carbocycles. The van der Waals surface area contributed by atoms with Crippen LogP contribution in [0, 0.1) is 5.92 Å². The van der Waals surface area contributed by atoms with Crippen molar-refractivity contribution >= 4 is 16.9 Å². The molecule has 7 heteroatoms. The summed E-state index contributed by atoms with van der Waals surface area (Å²) in [5.74, 6) is 0.610. The zero-order valence-electron chi connectivity index (χ0n) is 13.8. The number of fused-ring (bicyclic) bond motifs is 1. The zero-order valence-corrected chi connectivity index (χ0v) is 13.8. The van der Waals surface area contributed by atoms with Crippen molar-refractivity contribution in [3.05, 3.63) is 23.8 Å². The third kappa shape index (κ3) is 3.14. The number of hydrogen-bond donors (Lipinski definition) is 1. The number of amides is 1. The van der Waals surface area contributed by atoms with Gasteiger partial charge in [0.2, 0.25) is 0 Å². The van der Waals surface area contributed by atoms with Crippen LogP contribution in [0.1, 0.15) is 23.2 Å². The second kappa shape index (κ2) is 6.86. The topological polar surface area (TPSA) is 74.4 Å². The highest BCUT2D eigenvalue weighted by Crippen LogP contribution is 2.22. The lowest BCUT2D eigenvalue weighted by Gasteiger charge is -2.36. The van der Waals surface area contributed by atoms with Crippen LogP contribution >= 0.6 is 0 Å². The van der Waals surface area contributed by atoms with Gasteiger partial charge in [0, 0.05) is 32.7 Å². The quantitative estimate of drug-likeness (QED) is 0.914. The van der Waals surface area contributed by atoms with Crippen LogP contribution in [0.4, 0.5) is 0 Å². The predicted octanol–water partition coefficient (Wildman–Crippen LogP) is 1.14. The Morgan fingerprint density at radius 3 is 3.00 bits per heavy atom. The molecule has 3 heterocycles. The van der Waals surface area contributed by atoms with E-state index < -0.39 is 0 Å². The van der Waals surface area contributed by atoms with Crippen LogP contribution in [0.2, 0.25) is 0 Å². The van der Waals surface area contributed by atoms with Crippen LogP contribution in [0.25, 0.3) is 11.0 Å². The number of para-hydroxylation sites is 1. The summed E-state index contributed by atoms with van der Waals surface area (Å²) < 4.78 is 5.42. The number of hydrogen-bond acceptors (Lipinski definition) is 5. The van der Waals surface area contributed by atoms with Gasteiger partial charge in [-0.2, -0.15) is 15.4 Å². The van der Waals surface area contributed by atoms with Gasteiger partial charge in [-0.3, -0.25) is 9.69 Å². The molecule has 0 aliphatic carbocycles. The fraction of sp³-hybridized carbons (Fsp3) is 0.588. The smallest absolute Gasteiger partial charge is 0.256 e. The molecule has 2 saturated heterocycles. The molecule has 0 bridgehead atoms. The second-order valence-corrected chi connectivity index (χ2v) is 6.67. The van der Waals surface area contributed by atoms with Gasteiger partial charge in [-0.05, 0) is 30.9 Å². The Morgan fingerprint density at radius 1 is 1.25 bits per heavy atom. The summed E-state index contributed by atoms with van der Waals surface area (Å²) in [7, 11) is 0. The number of H-pyrrole nitrogens is 1. The van der Waals surface area contributed by atoms with Crippen molar-refractivity contribution in [1.29, 1.82) is 0 Å². The largest absolute Gasteiger partial charge is 0.379 e. The van der Waals surface area contributed by atoms with Gasteiger partial charge < -0.3 is 9.64 Å². The van der Waals surface area contributed by atoms with Gasteiger partial charge in [0.15, 0.2) is 0 Å². The standard InChI is InChI=1S/C17H23N5O2/c23-17(14-4-1-5-15-16(14)19-20-18-15)22-6-2-3-13(12-22)11-21-7-9-24-10-8-21/h1,4-5,13H,2-3,6-12H2,(H,18,19,20)/t13-/m1/s1. The number of aromatic nitrogens is 3. The summed E-state index contributed by atoms with van der Waals surface area (Å²) >= 11 is 0. The first-order valence-electron chi connectivity index (χ1n) is 8.70. The van der Waals surface area contributed by atoms with E-state index in [2.05, 4.69) is 20.3 Å². The van der Waals surface area contributed by atoms with E-state index in [-0.39, 0.29) is 5.91 Å². The normalized spacial score (nSPS) is 22.8. The van der Waals surface area contributed by atoms with E-state index in [1.165, 1.54) is 6.42 Å². The molecule has 1 atom stereocenters. The van der Waals surface area contributed by atoms with E-state index in [9.17, 15) is 4.79 Å². The molecule has 2 aliphatic rings. The third-order valence-corrected chi connectivity index (χ3v) is 5.00. The average molecular weight is 329 g/mol. The summed E-state index contributed by atoms with van der Waals surface area (Å²) in [4.78, 5) is 17.4. The maximum atomic E-state index is 13.0. The van der Waals surface area contributed by atoms with Crippen LogP contribution < -0.4 is 0 Å². The average Bonchev–Trinajstić information content (AvgIpc) is 3.11. The minimum absolute atomic E-state index is 0.0705. The molecule has 0 radical (unpaired) electrons. The van der Waals surface area contributed by atoms with Crippen molar-refractivity contribution in [1.82, 2.24) is 25.2 Å². The van der Waals surface area contributed by atoms with Crippen LogP contribution in [0.3, 0.4) is 0 Å². The number of benzene rings is 1. The zero-order chi connectivity index (χ0) is 16.4. The molecular formula is C17H23N5O2. The molecular weight excluding hydrogens is 306 g/mol. The number of aromatic amines is 1. The first-order valence-corrected chi connectivity index (χ1v) is 8.70. The van der Waals surface area contributed by atoms with Crippen LogP contribution in [0.15, 0.2) is 18.2 Å². The SMILES string of the molecule is O=C(c1cccc2n[nH]nc12)N1CCC[C@H](CN2CCOCC2)C1. The summed E-state index contributed by atoms with van der Waals surface area (Å²) in [5.41, 5.74) is 2.05. The molecule has 0 spiro atoms. The Labute approximate surface area is 140 Å². The molecule has 128 valence electrons. The molecule has 24 heavy (non-hydrogen) atoms. The van der Waals surface area contributed by atoms with Crippen molar-refractivity contribution in [2.45, 2.75) is 12.8 Å². The summed E-state index contributed by atoms with van der Waals surface area (Å²) in [5, 5.41) is 10.8. The second-order valence-electron chi connectivity index (χ2n) is 6.67. The van der Waals surface area contributed by atoms with E-state index in [4.69, 9.17) is 4.74 Å². The fourth-order valence-corrected chi connectivity index (χ4v) is 3.76. The maximum absolute atomic E-state index is 13.0. The van der Waals surface area contributed by atoms with Crippen LogP contribution in [-0.2, 0) is 4.74 Å². The van der Waals surface area contributed by atoms with Crippen molar-refractivity contribution in [2.75, 3.05) is 45.9 Å². The molecule has 7 nitrogen and oxygen atoms in total. The molecule has 0 unspecified atom stereocenters. The van der Waals surface area contributed by atoms with Gasteiger partial charge in [0.25, 0.3) is 5.91 Å². The number of nitrogens with zero attached hydrogens (tertiary/aromatic N) is 4. The Morgan fingerprint density at radius 2 is 2.12 bits per heavy atom. The molecule has 2 fully saturated rings. The third-order valence-electron chi connectivity index (χ3n) is 5.00. The van der Waals surface area contributed by atoms with Gasteiger partial charge in [-0.25, -0.2) is 0 Å². The van der Waals surface area contributed by atoms with E-state index >= 15 is 0 Å². The van der Waals surface area contributed by atoms with E-state index in [0.29, 0.717) is 17.0 Å². The lowest BCUT2D eigenvalue weighted by molar-refractivity contribution is 0.0224. The van der Waals surface area contributed by atoms with Crippen molar-refractivity contribution in [2.24, 2.45) is 5.92 Å². The van der Waals surface area contributed by atoms with Gasteiger partial charge in [0.05, 0.1) is 18.8 Å². The monoisotopic (exact) mass is 329 g/mol. The highest BCUT2D eigenvalue weighted by molar-refractivity contribution is 6.04. The summed E-state index contributed by atoms with van der Waals surface area (Å²) in [6.45, 7) is 6.36. The van der Waals surface area contributed by atoms with Gasteiger partial charge in [-0.1, -0.05) is 6.07 Å². The lowest BCUT2D eigenvalue weighted by Crippen LogP contribution is -2.46. The van der Waals surface area contributed by atoms with E-state index in [1.807, 2.05) is 23.1 Å². The minimum atomic E-state index is 0.0705. The first-order chi connectivity index (χ1) is 11.8. The minimum Gasteiger partial charge on any atom is -0.379 e. The molecule has 1 N–H and O–H groups in total. The summed E-state index contributed by atoms with van der Waals surface area (Å²) in [6.07, 6.45) is 2.25. The molecule has 2 aromatic rings. The van der Waals surface area contributed by atoms with Crippen molar-refractivity contribution in [3.8, 4) is 0 Å².